The fraction of sp³-hybridized carbons (Fsp3) is 0.500. The number of fused-ring (bicyclic) bond motifs is 3. The van der Waals surface area contributed by atoms with Crippen LogP contribution in [0.1, 0.15) is 65.0 Å². The summed E-state index contributed by atoms with van der Waals surface area (Å²) in [7, 11) is 0. The topological polar surface area (TPSA) is 92.0 Å². The van der Waals surface area contributed by atoms with Crippen LogP contribution in [0.2, 0.25) is 0 Å². The van der Waals surface area contributed by atoms with Gasteiger partial charge in [0, 0.05) is 24.8 Å². The summed E-state index contributed by atoms with van der Waals surface area (Å²) in [5.74, 6) is -0.505. The predicted octanol–water partition coefficient (Wildman–Crippen LogP) is 4.06. The van der Waals surface area contributed by atoms with E-state index in [4.69, 9.17) is 18.6 Å². The molecule has 0 N–H and O–H groups in total. The summed E-state index contributed by atoms with van der Waals surface area (Å²) in [6.45, 7) is 6.85. The normalized spacial score (nSPS) is 19.9. The van der Waals surface area contributed by atoms with Crippen molar-refractivity contribution in [1.82, 2.24) is 0 Å². The van der Waals surface area contributed by atoms with Crippen LogP contribution in [0.25, 0.3) is 11.0 Å². The lowest BCUT2D eigenvalue weighted by Crippen LogP contribution is -2.52. The molecule has 0 fully saturated rings. The number of esters is 2. The van der Waals surface area contributed by atoms with E-state index in [1.807, 2.05) is 6.92 Å². The average molecular weight is 402 g/mol. The molecule has 1 aliphatic rings. The van der Waals surface area contributed by atoms with E-state index in [1.54, 1.807) is 32.0 Å². The maximum atomic E-state index is 12.5. The van der Waals surface area contributed by atoms with E-state index in [-0.39, 0.29) is 12.0 Å². The second kappa shape index (κ2) is 8.27. The van der Waals surface area contributed by atoms with Crippen molar-refractivity contribution in [3.63, 3.8) is 0 Å². The van der Waals surface area contributed by atoms with Crippen molar-refractivity contribution in [3.05, 3.63) is 40.2 Å². The number of hydrogen-bond donors (Lipinski definition) is 0. The van der Waals surface area contributed by atoms with E-state index in [1.165, 1.54) is 13.0 Å². The number of ether oxygens (including phenoxy) is 3. The largest absolute Gasteiger partial charge is 0.483 e. The van der Waals surface area contributed by atoms with Gasteiger partial charge in [0.2, 0.25) is 0 Å². The van der Waals surface area contributed by atoms with Gasteiger partial charge in [0.05, 0.1) is 5.56 Å². The predicted molar refractivity (Wildman–Crippen MR) is 106 cm³/mol. The van der Waals surface area contributed by atoms with Crippen molar-refractivity contribution in [3.8, 4) is 5.75 Å². The van der Waals surface area contributed by atoms with E-state index in [2.05, 4.69) is 0 Å². The minimum Gasteiger partial charge on any atom is -0.483 e. The summed E-state index contributed by atoms with van der Waals surface area (Å²) >= 11 is 0. The summed E-state index contributed by atoms with van der Waals surface area (Å²) in [5, 5.41) is 0.653. The van der Waals surface area contributed by atoms with Crippen molar-refractivity contribution in [2.24, 2.45) is 0 Å². The van der Waals surface area contributed by atoms with Crippen LogP contribution in [0.4, 0.5) is 0 Å². The number of carbonyl (C=O) groups excluding carboxylic acids is 2. The molecule has 2 unspecified atom stereocenters. The Bertz CT molecular complexity index is 973. The number of unbranched alkanes of at least 4 members (excludes halogenated alkanes) is 2. The summed E-state index contributed by atoms with van der Waals surface area (Å²) in [4.78, 5) is 36.2. The molecular formula is C22H26O7. The van der Waals surface area contributed by atoms with Crippen molar-refractivity contribution in [2.75, 3.05) is 0 Å². The molecule has 7 heteroatoms. The second-order valence-electron chi connectivity index (χ2n) is 7.75. The van der Waals surface area contributed by atoms with Crippen LogP contribution in [-0.2, 0) is 19.1 Å². The molecule has 0 bridgehead atoms. The van der Waals surface area contributed by atoms with Crippen molar-refractivity contribution >= 4 is 22.9 Å². The van der Waals surface area contributed by atoms with Crippen molar-refractivity contribution in [1.29, 1.82) is 0 Å². The lowest BCUT2D eigenvalue weighted by Gasteiger charge is -2.43. The summed E-state index contributed by atoms with van der Waals surface area (Å²) in [6, 6.07) is 6.45. The summed E-state index contributed by atoms with van der Waals surface area (Å²) < 4.78 is 22.8. The molecule has 0 amide bonds. The number of hydrogen-bond acceptors (Lipinski definition) is 7. The number of rotatable bonds is 6. The first kappa shape index (κ1) is 20.9. The first-order valence-corrected chi connectivity index (χ1v) is 9.85. The molecule has 0 saturated carbocycles. The molecule has 2 atom stereocenters. The molecule has 1 aliphatic heterocycles. The lowest BCUT2D eigenvalue weighted by atomic mass is 9.87. The van der Waals surface area contributed by atoms with Crippen LogP contribution >= 0.6 is 0 Å². The third-order valence-electron chi connectivity index (χ3n) is 4.94. The fourth-order valence-electron chi connectivity index (χ4n) is 3.57. The van der Waals surface area contributed by atoms with Gasteiger partial charge in [-0.25, -0.2) is 4.79 Å². The van der Waals surface area contributed by atoms with E-state index < -0.39 is 35.4 Å². The van der Waals surface area contributed by atoms with Gasteiger partial charge in [-0.05, 0) is 38.5 Å². The highest BCUT2D eigenvalue weighted by atomic mass is 16.6. The highest BCUT2D eigenvalue weighted by molar-refractivity contribution is 5.83. The summed E-state index contributed by atoms with van der Waals surface area (Å²) in [5.41, 5.74) is -0.841. The van der Waals surface area contributed by atoms with Crippen LogP contribution in [0.15, 0.2) is 33.5 Å². The van der Waals surface area contributed by atoms with Gasteiger partial charge >= 0.3 is 17.6 Å². The lowest BCUT2D eigenvalue weighted by molar-refractivity contribution is -0.189. The molecule has 156 valence electrons. The quantitative estimate of drug-likeness (QED) is 0.409. The monoisotopic (exact) mass is 402 g/mol. The number of carbonyl (C=O) groups is 2. The smallest absolute Gasteiger partial charge is 0.336 e. The molecular weight excluding hydrogens is 376 g/mol. The van der Waals surface area contributed by atoms with Gasteiger partial charge in [-0.1, -0.05) is 19.8 Å². The minimum atomic E-state index is -0.963. The Morgan fingerprint density at radius 2 is 1.83 bits per heavy atom. The van der Waals surface area contributed by atoms with E-state index in [9.17, 15) is 14.4 Å². The molecule has 1 aromatic heterocycles. The fourth-order valence-corrected chi connectivity index (χ4v) is 3.57. The Kier molecular flexibility index (Phi) is 5.96. The zero-order valence-corrected chi connectivity index (χ0v) is 17.2. The van der Waals surface area contributed by atoms with Crippen molar-refractivity contribution < 1.29 is 28.2 Å². The van der Waals surface area contributed by atoms with Crippen LogP contribution in [-0.4, -0.2) is 23.6 Å². The second-order valence-corrected chi connectivity index (χ2v) is 7.75. The maximum absolute atomic E-state index is 12.5. The molecule has 3 rings (SSSR count). The molecule has 0 spiro atoms. The first-order chi connectivity index (χ1) is 13.7. The van der Waals surface area contributed by atoms with Gasteiger partial charge in [0.25, 0.3) is 0 Å². The molecule has 0 aliphatic carbocycles. The number of benzene rings is 1. The Morgan fingerprint density at radius 3 is 2.52 bits per heavy atom. The first-order valence-electron chi connectivity index (χ1n) is 9.85. The molecule has 2 aromatic rings. The SMILES string of the molecule is CCCCCC(=O)OC1c2c(ccc3ccc(=O)oc23)OC(C)(C)C1OC(C)=O. The molecule has 0 radical (unpaired) electrons. The third kappa shape index (κ3) is 4.44. The molecule has 29 heavy (non-hydrogen) atoms. The molecule has 0 saturated heterocycles. The Morgan fingerprint density at radius 1 is 1.10 bits per heavy atom. The van der Waals surface area contributed by atoms with E-state index in [0.717, 1.165) is 12.8 Å². The van der Waals surface area contributed by atoms with Crippen LogP contribution in [0, 0.1) is 0 Å². The van der Waals surface area contributed by atoms with E-state index >= 15 is 0 Å². The summed E-state index contributed by atoms with van der Waals surface area (Å²) in [6.07, 6.45) is 0.988. The Labute approximate surface area is 168 Å². The third-order valence-corrected chi connectivity index (χ3v) is 4.94. The van der Waals surface area contributed by atoms with Crippen LogP contribution < -0.4 is 10.4 Å². The van der Waals surface area contributed by atoms with Gasteiger partial charge < -0.3 is 18.6 Å². The maximum Gasteiger partial charge on any atom is 0.336 e. The van der Waals surface area contributed by atoms with E-state index in [0.29, 0.717) is 23.1 Å². The standard InChI is InChI=1S/C22H26O7/c1-5-6-7-8-16(24)28-20-18-15(29-22(3,4)21(20)26-13(2)23)11-9-14-10-12-17(25)27-19(14)18/h9-12,20-21H,5-8H2,1-4H3. The van der Waals surface area contributed by atoms with Crippen LogP contribution in [0.3, 0.4) is 0 Å². The van der Waals surface area contributed by atoms with Crippen molar-refractivity contribution in [2.45, 2.75) is 71.2 Å². The van der Waals surface area contributed by atoms with Gasteiger partial charge in [-0.3, -0.25) is 9.59 Å². The highest BCUT2D eigenvalue weighted by Gasteiger charge is 2.49. The molecule has 7 nitrogen and oxygen atoms in total. The average Bonchev–Trinajstić information content (AvgIpc) is 2.63. The molecule has 1 aromatic carbocycles. The zero-order valence-electron chi connectivity index (χ0n) is 17.2. The van der Waals surface area contributed by atoms with Gasteiger partial charge in [-0.15, -0.1) is 0 Å². The van der Waals surface area contributed by atoms with Gasteiger partial charge in [0.15, 0.2) is 12.2 Å². The Hall–Kier alpha value is -2.83. The van der Waals surface area contributed by atoms with Gasteiger partial charge in [-0.2, -0.15) is 0 Å². The molecule has 2 heterocycles. The minimum absolute atomic E-state index is 0.252. The van der Waals surface area contributed by atoms with Gasteiger partial charge in [0.1, 0.15) is 16.9 Å². The highest BCUT2D eigenvalue weighted by Crippen LogP contribution is 2.46. The zero-order chi connectivity index (χ0) is 21.2. The van der Waals surface area contributed by atoms with Crippen LogP contribution in [0.5, 0.6) is 5.75 Å². The Balaban J connectivity index is 2.11.